The van der Waals surface area contributed by atoms with Crippen LogP contribution >= 0.6 is 0 Å². The van der Waals surface area contributed by atoms with Gasteiger partial charge >= 0.3 is 0 Å². The van der Waals surface area contributed by atoms with Crippen molar-refractivity contribution >= 4 is 5.78 Å². The average Bonchev–Trinajstić information content (AvgIpc) is 2.99. The number of rotatable bonds is 9. The van der Waals surface area contributed by atoms with Crippen molar-refractivity contribution in [3.63, 3.8) is 0 Å². The second-order valence-corrected chi connectivity index (χ2v) is 10.4. The van der Waals surface area contributed by atoms with Gasteiger partial charge in [-0.3, -0.25) is 14.2 Å². The predicted molar refractivity (Wildman–Crippen MR) is 178 cm³/mol. The van der Waals surface area contributed by atoms with E-state index < -0.39 is 0 Å². The molecule has 0 spiro atoms. The van der Waals surface area contributed by atoms with Crippen LogP contribution in [0.15, 0.2) is 77.6 Å². The van der Waals surface area contributed by atoms with Crippen molar-refractivity contribution in [3.05, 3.63) is 111 Å². The molecule has 2 aromatic carbocycles. The first kappa shape index (κ1) is 37.7. The lowest BCUT2D eigenvalue weighted by Gasteiger charge is -2.25. The number of carbonyl (C=O) groups excluding carboxylic acids is 1. The molecule has 0 saturated carbocycles. The molecule has 0 fully saturated rings. The highest BCUT2D eigenvalue weighted by molar-refractivity contribution is 5.89. The number of carbonyl (C=O) groups is 1. The average molecular weight is 561 g/mol. The van der Waals surface area contributed by atoms with Crippen LogP contribution in [-0.2, 0) is 24.1 Å². The number of allylic oxidation sites excluding steroid dienone is 2. The molecule has 0 N–H and O–H groups in total. The number of ketones is 1. The van der Waals surface area contributed by atoms with Crippen LogP contribution in [0.25, 0.3) is 0 Å². The van der Waals surface area contributed by atoms with E-state index in [9.17, 15) is 9.59 Å². The van der Waals surface area contributed by atoms with Crippen molar-refractivity contribution in [2.45, 2.75) is 114 Å². The lowest BCUT2D eigenvalue weighted by molar-refractivity contribution is -0.114. The van der Waals surface area contributed by atoms with Crippen molar-refractivity contribution in [3.8, 4) is 0 Å². The molecule has 0 aliphatic rings. The zero-order valence-corrected chi connectivity index (χ0v) is 27.8. The number of aromatic nitrogens is 2. The third-order valence-corrected chi connectivity index (χ3v) is 5.90. The van der Waals surface area contributed by atoms with E-state index in [0.29, 0.717) is 31.2 Å². The molecular weight excluding hydrogens is 504 g/mol. The van der Waals surface area contributed by atoms with E-state index in [4.69, 9.17) is 4.98 Å². The topological polar surface area (TPSA) is 52.0 Å². The highest BCUT2D eigenvalue weighted by atomic mass is 16.1. The molecule has 41 heavy (non-hydrogen) atoms. The lowest BCUT2D eigenvalue weighted by atomic mass is 9.95. The van der Waals surface area contributed by atoms with Crippen LogP contribution in [0.4, 0.5) is 0 Å². The molecule has 0 amide bonds. The minimum atomic E-state index is -0.256. The Morgan fingerprint density at radius 1 is 0.829 bits per heavy atom. The standard InChI is InChI=1S/C30H36N2O2.C3H8.2C2H6/c1-6-25-26(19-18-24(33)20-21-30(3,4)5)31-27(7-2)32(29(25)34)28(22-14-10-8-11-15-22)23-16-12-9-13-17-23;1-3-2;2*1-2/h8-17,20-21,28H,6-7,18-19H2,1-5H3;3H2,1-2H3;2*1-2H3/b21-20-;;;. The Kier molecular flexibility index (Phi) is 18.9. The summed E-state index contributed by atoms with van der Waals surface area (Å²) in [6, 6.07) is 20.0. The van der Waals surface area contributed by atoms with Gasteiger partial charge in [-0.15, -0.1) is 0 Å². The van der Waals surface area contributed by atoms with Crippen LogP contribution in [0.3, 0.4) is 0 Å². The highest BCUT2D eigenvalue weighted by Gasteiger charge is 2.24. The third kappa shape index (κ3) is 12.4. The summed E-state index contributed by atoms with van der Waals surface area (Å²) in [7, 11) is 0. The number of benzene rings is 2. The van der Waals surface area contributed by atoms with E-state index in [-0.39, 0.29) is 22.8 Å². The van der Waals surface area contributed by atoms with Crippen LogP contribution < -0.4 is 5.56 Å². The Labute approximate surface area is 251 Å². The Morgan fingerprint density at radius 2 is 1.29 bits per heavy atom. The van der Waals surface area contributed by atoms with Gasteiger partial charge in [0, 0.05) is 18.4 Å². The Balaban J connectivity index is 0.00000210. The summed E-state index contributed by atoms with van der Waals surface area (Å²) in [6.07, 6.45) is 6.87. The minimum Gasteiger partial charge on any atom is -0.295 e. The maximum Gasteiger partial charge on any atom is 0.257 e. The maximum atomic E-state index is 13.9. The fraction of sp³-hybridized carbons (Fsp3) is 0.486. The fourth-order valence-corrected chi connectivity index (χ4v) is 4.17. The summed E-state index contributed by atoms with van der Waals surface area (Å²) in [4.78, 5) is 31.3. The van der Waals surface area contributed by atoms with Crippen molar-refractivity contribution in [2.24, 2.45) is 5.41 Å². The van der Waals surface area contributed by atoms with Crippen molar-refractivity contribution in [1.82, 2.24) is 9.55 Å². The molecule has 3 rings (SSSR count). The Morgan fingerprint density at radius 3 is 1.68 bits per heavy atom. The van der Waals surface area contributed by atoms with Gasteiger partial charge in [0.05, 0.1) is 11.7 Å². The van der Waals surface area contributed by atoms with E-state index in [1.54, 1.807) is 6.08 Å². The first-order valence-corrected chi connectivity index (χ1v) is 15.6. The third-order valence-electron chi connectivity index (χ3n) is 5.90. The molecule has 0 unspecified atom stereocenters. The summed E-state index contributed by atoms with van der Waals surface area (Å²) in [5.74, 6) is 0.806. The molecular formula is C37H56N2O2. The van der Waals surface area contributed by atoms with Gasteiger partial charge in [0.15, 0.2) is 5.78 Å². The molecule has 0 aliphatic carbocycles. The van der Waals surface area contributed by atoms with E-state index in [0.717, 1.165) is 22.6 Å². The van der Waals surface area contributed by atoms with Gasteiger partial charge in [-0.2, -0.15) is 0 Å². The van der Waals surface area contributed by atoms with Crippen LogP contribution in [-0.4, -0.2) is 15.3 Å². The minimum absolute atomic E-state index is 0.0141. The molecule has 0 atom stereocenters. The predicted octanol–water partition coefficient (Wildman–Crippen LogP) is 9.58. The highest BCUT2D eigenvalue weighted by Crippen LogP contribution is 2.27. The van der Waals surface area contributed by atoms with Gasteiger partial charge in [0.1, 0.15) is 5.82 Å². The van der Waals surface area contributed by atoms with Gasteiger partial charge in [0.25, 0.3) is 5.56 Å². The number of nitrogens with zero attached hydrogens (tertiary/aromatic N) is 2. The molecule has 3 aromatic rings. The Bertz CT molecular complexity index is 1160. The van der Waals surface area contributed by atoms with E-state index in [1.165, 1.54) is 6.42 Å². The van der Waals surface area contributed by atoms with Gasteiger partial charge in [-0.1, -0.05) is 149 Å². The number of hydrogen-bond donors (Lipinski definition) is 0. The van der Waals surface area contributed by atoms with Gasteiger partial charge in [-0.25, -0.2) is 4.98 Å². The quantitative estimate of drug-likeness (QED) is 0.245. The smallest absolute Gasteiger partial charge is 0.257 e. The zero-order chi connectivity index (χ0) is 31.4. The largest absolute Gasteiger partial charge is 0.295 e. The van der Waals surface area contributed by atoms with Gasteiger partial charge in [0.2, 0.25) is 0 Å². The van der Waals surface area contributed by atoms with Crippen molar-refractivity contribution < 1.29 is 4.79 Å². The SMILES string of the molecule is CC.CC.CCC.CCc1c(CCC(=O)/C=C\C(C)(C)C)nc(CC)n(C(c2ccccc2)c2ccccc2)c1=O. The van der Waals surface area contributed by atoms with E-state index >= 15 is 0 Å². The van der Waals surface area contributed by atoms with Crippen molar-refractivity contribution in [1.29, 1.82) is 0 Å². The van der Waals surface area contributed by atoms with Crippen LogP contribution in [0.5, 0.6) is 0 Å². The molecule has 1 heterocycles. The van der Waals surface area contributed by atoms with Gasteiger partial charge in [-0.05, 0) is 35.5 Å². The molecule has 0 saturated heterocycles. The summed E-state index contributed by atoms with van der Waals surface area (Å²) < 4.78 is 1.86. The monoisotopic (exact) mass is 560 g/mol. The van der Waals surface area contributed by atoms with E-state index in [2.05, 4.69) is 58.9 Å². The second-order valence-electron chi connectivity index (χ2n) is 10.4. The number of aryl methyl sites for hydroxylation is 2. The summed E-state index contributed by atoms with van der Waals surface area (Å²) in [5, 5.41) is 0. The molecule has 226 valence electrons. The molecule has 1 aromatic heterocycles. The first-order valence-electron chi connectivity index (χ1n) is 15.6. The van der Waals surface area contributed by atoms with Crippen LogP contribution in [0.1, 0.15) is 123 Å². The zero-order valence-electron chi connectivity index (χ0n) is 27.8. The van der Waals surface area contributed by atoms with Gasteiger partial charge < -0.3 is 0 Å². The molecule has 4 nitrogen and oxygen atoms in total. The van der Waals surface area contributed by atoms with Crippen molar-refractivity contribution in [2.75, 3.05) is 0 Å². The maximum absolute atomic E-state index is 13.9. The summed E-state index contributed by atoms with van der Waals surface area (Å²) in [5.41, 5.74) is 3.48. The second kappa shape index (κ2) is 20.6. The molecule has 0 bridgehead atoms. The normalized spacial score (nSPS) is 10.6. The lowest BCUT2D eigenvalue weighted by Crippen LogP contribution is -2.34. The molecule has 0 radical (unpaired) electrons. The summed E-state index contributed by atoms with van der Waals surface area (Å²) >= 11 is 0. The fourth-order valence-electron chi connectivity index (χ4n) is 4.17. The number of hydrogen-bond acceptors (Lipinski definition) is 3. The van der Waals surface area contributed by atoms with E-state index in [1.807, 2.05) is 88.6 Å². The van der Waals surface area contributed by atoms with Crippen LogP contribution in [0, 0.1) is 5.41 Å². The summed E-state index contributed by atoms with van der Waals surface area (Å²) in [6.45, 7) is 22.5. The molecule has 0 aliphatic heterocycles. The first-order chi connectivity index (χ1) is 19.7. The van der Waals surface area contributed by atoms with Crippen LogP contribution in [0.2, 0.25) is 0 Å². The molecule has 4 heteroatoms. The Hall–Kier alpha value is -3.27.